The van der Waals surface area contributed by atoms with Gasteiger partial charge in [-0.15, -0.1) is 0 Å². The van der Waals surface area contributed by atoms with E-state index in [1.165, 1.54) is 12.1 Å². The van der Waals surface area contributed by atoms with Gasteiger partial charge in [-0.3, -0.25) is 4.79 Å². The van der Waals surface area contributed by atoms with Crippen molar-refractivity contribution in [1.82, 2.24) is 4.90 Å². The number of carboxylic acid groups (broad SMARTS) is 1. The summed E-state index contributed by atoms with van der Waals surface area (Å²) in [7, 11) is 0. The van der Waals surface area contributed by atoms with E-state index < -0.39 is 5.97 Å². The van der Waals surface area contributed by atoms with E-state index in [4.69, 9.17) is 4.74 Å². The van der Waals surface area contributed by atoms with E-state index in [2.05, 4.69) is 0 Å². The number of hydrogen-bond acceptors (Lipinski definition) is 3. The SMILES string of the molecule is O=C(O)c1ccccc1CC1CCN(C(=O)CCCOc2cccc(F)c2)CC1. The van der Waals surface area contributed by atoms with E-state index in [0.717, 1.165) is 24.8 Å². The highest BCUT2D eigenvalue weighted by Gasteiger charge is 2.23. The minimum Gasteiger partial charge on any atom is -0.493 e. The number of benzene rings is 2. The molecule has 0 bridgehead atoms. The van der Waals surface area contributed by atoms with Crippen LogP contribution in [0, 0.1) is 11.7 Å². The van der Waals surface area contributed by atoms with Crippen LogP contribution < -0.4 is 4.74 Å². The molecule has 2 aromatic carbocycles. The highest BCUT2D eigenvalue weighted by molar-refractivity contribution is 5.89. The average molecular weight is 399 g/mol. The highest BCUT2D eigenvalue weighted by Crippen LogP contribution is 2.24. The minimum atomic E-state index is -0.895. The van der Waals surface area contributed by atoms with Gasteiger partial charge in [0.2, 0.25) is 5.91 Å². The number of carbonyl (C=O) groups is 2. The molecule has 0 spiro atoms. The molecule has 29 heavy (non-hydrogen) atoms. The second-order valence-corrected chi connectivity index (χ2v) is 7.40. The van der Waals surface area contributed by atoms with Gasteiger partial charge in [-0.25, -0.2) is 9.18 Å². The Morgan fingerprint density at radius 1 is 1.10 bits per heavy atom. The fourth-order valence-electron chi connectivity index (χ4n) is 3.73. The molecule has 154 valence electrons. The number of carboxylic acids is 1. The van der Waals surface area contributed by atoms with Gasteiger partial charge in [0, 0.05) is 25.6 Å². The molecule has 1 amide bonds. The third kappa shape index (κ3) is 6.04. The molecule has 0 aliphatic carbocycles. The Morgan fingerprint density at radius 2 is 1.86 bits per heavy atom. The summed E-state index contributed by atoms with van der Waals surface area (Å²) in [5, 5.41) is 9.32. The molecule has 0 radical (unpaired) electrons. The van der Waals surface area contributed by atoms with E-state index in [9.17, 15) is 19.1 Å². The Morgan fingerprint density at radius 3 is 2.59 bits per heavy atom. The lowest BCUT2D eigenvalue weighted by atomic mass is 9.88. The van der Waals surface area contributed by atoms with Crippen LogP contribution in [0.15, 0.2) is 48.5 Å². The molecular weight excluding hydrogens is 373 g/mol. The van der Waals surface area contributed by atoms with Crippen molar-refractivity contribution >= 4 is 11.9 Å². The van der Waals surface area contributed by atoms with Crippen LogP contribution in [0.3, 0.4) is 0 Å². The molecule has 1 N–H and O–H groups in total. The van der Waals surface area contributed by atoms with Gasteiger partial charge in [-0.2, -0.15) is 0 Å². The summed E-state index contributed by atoms with van der Waals surface area (Å²) in [6, 6.07) is 13.1. The summed E-state index contributed by atoms with van der Waals surface area (Å²) in [5.41, 5.74) is 1.23. The maximum Gasteiger partial charge on any atom is 0.335 e. The van der Waals surface area contributed by atoms with Crippen molar-refractivity contribution in [3.05, 3.63) is 65.5 Å². The van der Waals surface area contributed by atoms with Gasteiger partial charge in [0.15, 0.2) is 0 Å². The zero-order valence-corrected chi connectivity index (χ0v) is 16.4. The first-order valence-corrected chi connectivity index (χ1v) is 10.0. The Balaban J connectivity index is 1.39. The smallest absolute Gasteiger partial charge is 0.335 e. The van der Waals surface area contributed by atoms with E-state index in [1.807, 2.05) is 17.0 Å². The van der Waals surface area contributed by atoms with Crippen LogP contribution in [-0.2, 0) is 11.2 Å². The lowest BCUT2D eigenvalue weighted by molar-refractivity contribution is -0.132. The number of carbonyl (C=O) groups excluding carboxylic acids is 1. The second-order valence-electron chi connectivity index (χ2n) is 7.40. The maximum atomic E-state index is 13.1. The van der Waals surface area contributed by atoms with Crippen LogP contribution in [0.2, 0.25) is 0 Å². The Bertz CT molecular complexity index is 846. The first-order valence-electron chi connectivity index (χ1n) is 10.0. The zero-order chi connectivity index (χ0) is 20.6. The van der Waals surface area contributed by atoms with E-state index >= 15 is 0 Å². The number of ether oxygens (including phenoxy) is 1. The molecule has 5 nitrogen and oxygen atoms in total. The summed E-state index contributed by atoms with van der Waals surface area (Å²) >= 11 is 0. The Kier molecular flexibility index (Phi) is 7.22. The van der Waals surface area contributed by atoms with Crippen molar-refractivity contribution in [3.8, 4) is 5.75 Å². The van der Waals surface area contributed by atoms with Gasteiger partial charge < -0.3 is 14.7 Å². The van der Waals surface area contributed by atoms with Gasteiger partial charge in [-0.1, -0.05) is 24.3 Å². The number of likely N-dealkylation sites (tertiary alicyclic amines) is 1. The molecule has 3 rings (SSSR count). The molecule has 2 aromatic rings. The van der Waals surface area contributed by atoms with Crippen molar-refractivity contribution in [3.63, 3.8) is 0 Å². The molecule has 0 unspecified atom stereocenters. The van der Waals surface area contributed by atoms with Crippen LogP contribution in [0.4, 0.5) is 4.39 Å². The van der Waals surface area contributed by atoms with Crippen molar-refractivity contribution < 1.29 is 23.8 Å². The molecule has 0 atom stereocenters. The standard InChI is InChI=1S/C23H26FNO4/c24-19-6-3-7-20(16-19)29-14-4-9-22(26)25-12-10-17(11-13-25)15-18-5-1-2-8-21(18)23(27)28/h1-3,5-8,16-17H,4,9-15H2,(H,27,28). The number of nitrogens with zero attached hydrogens (tertiary/aromatic N) is 1. The highest BCUT2D eigenvalue weighted by atomic mass is 19.1. The van der Waals surface area contributed by atoms with Gasteiger partial charge in [-0.05, 0) is 55.4 Å². The number of aromatic carboxylic acids is 1. The van der Waals surface area contributed by atoms with E-state index in [-0.39, 0.29) is 11.7 Å². The van der Waals surface area contributed by atoms with E-state index in [0.29, 0.717) is 49.8 Å². The Hall–Kier alpha value is -2.89. The van der Waals surface area contributed by atoms with Crippen LogP contribution in [0.25, 0.3) is 0 Å². The van der Waals surface area contributed by atoms with Crippen molar-refractivity contribution in [1.29, 1.82) is 0 Å². The molecular formula is C23H26FNO4. The topological polar surface area (TPSA) is 66.8 Å². The van der Waals surface area contributed by atoms with E-state index in [1.54, 1.807) is 24.3 Å². The Labute approximate surface area is 170 Å². The van der Waals surface area contributed by atoms with Crippen LogP contribution in [0.5, 0.6) is 5.75 Å². The first-order chi connectivity index (χ1) is 14.0. The molecule has 1 heterocycles. The minimum absolute atomic E-state index is 0.109. The summed E-state index contributed by atoms with van der Waals surface area (Å²) in [4.78, 5) is 25.6. The molecule has 1 aliphatic rings. The molecule has 0 aromatic heterocycles. The fraction of sp³-hybridized carbons (Fsp3) is 0.391. The fourth-order valence-corrected chi connectivity index (χ4v) is 3.73. The van der Waals surface area contributed by atoms with Gasteiger partial charge in [0.25, 0.3) is 0 Å². The quantitative estimate of drug-likeness (QED) is 0.677. The van der Waals surface area contributed by atoms with Gasteiger partial charge in [0.1, 0.15) is 11.6 Å². The summed E-state index contributed by atoms with van der Waals surface area (Å²) in [5.74, 6) is -0.269. The predicted octanol–water partition coefficient (Wildman–Crippen LogP) is 4.16. The second kappa shape index (κ2) is 10.0. The summed E-state index contributed by atoms with van der Waals surface area (Å²) < 4.78 is 18.6. The predicted molar refractivity (Wildman–Crippen MR) is 108 cm³/mol. The number of amides is 1. The van der Waals surface area contributed by atoms with Crippen molar-refractivity contribution in [2.45, 2.75) is 32.1 Å². The average Bonchev–Trinajstić information content (AvgIpc) is 2.72. The third-order valence-corrected chi connectivity index (χ3v) is 5.32. The molecule has 6 heteroatoms. The normalized spacial score (nSPS) is 14.6. The number of hydrogen-bond donors (Lipinski definition) is 1. The van der Waals surface area contributed by atoms with Crippen LogP contribution in [0.1, 0.15) is 41.6 Å². The number of piperidine rings is 1. The third-order valence-electron chi connectivity index (χ3n) is 5.32. The van der Waals surface area contributed by atoms with Crippen molar-refractivity contribution in [2.75, 3.05) is 19.7 Å². The largest absolute Gasteiger partial charge is 0.493 e. The summed E-state index contributed by atoms with van der Waals surface area (Å²) in [6.07, 6.45) is 3.47. The van der Waals surface area contributed by atoms with Crippen LogP contribution in [-0.4, -0.2) is 41.6 Å². The summed E-state index contributed by atoms with van der Waals surface area (Å²) in [6.45, 7) is 1.77. The number of rotatable bonds is 8. The lowest BCUT2D eigenvalue weighted by Gasteiger charge is -2.32. The van der Waals surface area contributed by atoms with Crippen molar-refractivity contribution in [2.24, 2.45) is 5.92 Å². The van der Waals surface area contributed by atoms with Gasteiger partial charge >= 0.3 is 5.97 Å². The monoisotopic (exact) mass is 399 g/mol. The van der Waals surface area contributed by atoms with Gasteiger partial charge in [0.05, 0.1) is 12.2 Å². The lowest BCUT2D eigenvalue weighted by Crippen LogP contribution is -2.39. The maximum absolute atomic E-state index is 13.1. The molecule has 1 aliphatic heterocycles. The zero-order valence-electron chi connectivity index (χ0n) is 16.4. The van der Waals surface area contributed by atoms with Crippen LogP contribution >= 0.6 is 0 Å². The first kappa shape index (κ1) is 20.8. The number of halogens is 1. The molecule has 1 saturated heterocycles. The molecule has 0 saturated carbocycles. The molecule has 1 fully saturated rings.